The van der Waals surface area contributed by atoms with Crippen molar-refractivity contribution >= 4 is 33.0 Å². The molecule has 0 saturated heterocycles. The normalized spacial score (nSPS) is 28.6. The monoisotopic (exact) mass is 307 g/mol. The number of hydrogen-bond donors (Lipinski definition) is 1. The summed E-state index contributed by atoms with van der Waals surface area (Å²) in [7, 11) is -3.47. The highest BCUT2D eigenvalue weighted by Crippen LogP contribution is 2.36. The van der Waals surface area contributed by atoms with Gasteiger partial charge < -0.3 is 5.73 Å². The average molecular weight is 308 g/mol. The Morgan fingerprint density at radius 2 is 1.94 bits per heavy atom. The van der Waals surface area contributed by atoms with Crippen molar-refractivity contribution < 1.29 is 8.42 Å². The fourth-order valence-electron chi connectivity index (χ4n) is 2.45. The molecule has 2 N–H and O–H groups in total. The van der Waals surface area contributed by atoms with E-state index < -0.39 is 15.1 Å². The van der Waals surface area contributed by atoms with E-state index in [2.05, 4.69) is 0 Å². The molecule has 1 aliphatic rings. The van der Waals surface area contributed by atoms with Crippen molar-refractivity contribution in [1.82, 2.24) is 0 Å². The number of sulfone groups is 1. The lowest BCUT2D eigenvalue weighted by atomic mass is 10.1. The molecule has 0 heterocycles. The molecule has 1 aromatic rings. The van der Waals surface area contributed by atoms with Crippen molar-refractivity contribution in [3.05, 3.63) is 28.2 Å². The van der Waals surface area contributed by atoms with E-state index in [-0.39, 0.29) is 21.9 Å². The number of hydrogen-bond acceptors (Lipinski definition) is 3. The molecule has 1 saturated carbocycles. The zero-order valence-electron chi connectivity index (χ0n) is 9.94. The molecule has 2 rings (SSSR count). The molecule has 3 nitrogen and oxygen atoms in total. The molecule has 3 atom stereocenters. The molecule has 0 aliphatic heterocycles. The Morgan fingerprint density at radius 1 is 1.28 bits per heavy atom. The minimum Gasteiger partial charge on any atom is -0.327 e. The number of nitrogens with two attached hydrogens (primary N) is 1. The highest BCUT2D eigenvalue weighted by Gasteiger charge is 2.40. The van der Waals surface area contributed by atoms with Crippen molar-refractivity contribution in [3.63, 3.8) is 0 Å². The van der Waals surface area contributed by atoms with E-state index in [1.807, 2.05) is 6.92 Å². The highest BCUT2D eigenvalue weighted by atomic mass is 35.5. The number of benzene rings is 1. The van der Waals surface area contributed by atoms with Gasteiger partial charge >= 0.3 is 0 Å². The quantitative estimate of drug-likeness (QED) is 0.914. The van der Waals surface area contributed by atoms with E-state index >= 15 is 0 Å². The standard InChI is InChI=1S/C12H15Cl2NO2S/c1-7-10(15)4-5-11(7)18(16,17)12-6-8(13)2-3-9(12)14/h2-3,6-7,10-11H,4-5,15H2,1H3. The maximum Gasteiger partial charge on any atom is 0.183 e. The molecule has 1 fully saturated rings. The van der Waals surface area contributed by atoms with Crippen LogP contribution in [0.3, 0.4) is 0 Å². The average Bonchev–Trinajstić information content (AvgIpc) is 2.63. The number of halogens is 2. The summed E-state index contributed by atoms with van der Waals surface area (Å²) in [6.07, 6.45) is 1.30. The second-order valence-electron chi connectivity index (χ2n) is 4.76. The van der Waals surface area contributed by atoms with Crippen molar-refractivity contribution in [2.45, 2.75) is 36.0 Å². The van der Waals surface area contributed by atoms with E-state index in [0.717, 1.165) is 6.42 Å². The lowest BCUT2D eigenvalue weighted by Gasteiger charge is -2.19. The first-order valence-electron chi connectivity index (χ1n) is 5.78. The Bertz CT molecular complexity index is 559. The van der Waals surface area contributed by atoms with Crippen LogP contribution in [0, 0.1) is 5.92 Å². The summed E-state index contributed by atoms with van der Waals surface area (Å²) < 4.78 is 25.1. The first-order chi connectivity index (χ1) is 8.34. The smallest absolute Gasteiger partial charge is 0.183 e. The third-order valence-corrected chi connectivity index (χ3v) is 6.73. The first kappa shape index (κ1) is 14.1. The summed E-state index contributed by atoms with van der Waals surface area (Å²) in [4.78, 5) is 0.114. The highest BCUT2D eigenvalue weighted by molar-refractivity contribution is 7.92. The van der Waals surface area contributed by atoms with Gasteiger partial charge in [0.2, 0.25) is 0 Å². The van der Waals surface area contributed by atoms with Gasteiger partial charge in [-0.1, -0.05) is 30.1 Å². The van der Waals surface area contributed by atoms with Crippen LogP contribution in [0.15, 0.2) is 23.1 Å². The Kier molecular flexibility index (Phi) is 3.93. The SMILES string of the molecule is CC1C(N)CCC1S(=O)(=O)c1cc(Cl)ccc1Cl. The third-order valence-electron chi connectivity index (χ3n) is 3.64. The van der Waals surface area contributed by atoms with Crippen LogP contribution in [0.25, 0.3) is 0 Å². The van der Waals surface area contributed by atoms with Crippen LogP contribution in [-0.2, 0) is 9.84 Å². The molecule has 0 spiro atoms. The fourth-order valence-corrected chi connectivity index (χ4v) is 5.30. The molecule has 0 aromatic heterocycles. The van der Waals surface area contributed by atoms with Gasteiger partial charge in [-0.3, -0.25) is 0 Å². The van der Waals surface area contributed by atoms with Crippen LogP contribution in [-0.4, -0.2) is 19.7 Å². The van der Waals surface area contributed by atoms with E-state index in [0.29, 0.717) is 11.4 Å². The zero-order valence-corrected chi connectivity index (χ0v) is 12.3. The number of rotatable bonds is 2. The molecule has 100 valence electrons. The maximum atomic E-state index is 12.6. The molecular weight excluding hydrogens is 293 g/mol. The second-order valence-corrected chi connectivity index (χ2v) is 7.74. The molecule has 18 heavy (non-hydrogen) atoms. The van der Waals surface area contributed by atoms with Crippen molar-refractivity contribution in [3.8, 4) is 0 Å². The maximum absolute atomic E-state index is 12.6. The predicted octanol–water partition coefficient (Wildman–Crippen LogP) is 2.89. The summed E-state index contributed by atoms with van der Waals surface area (Å²) in [5, 5.41) is 0.114. The molecule has 0 radical (unpaired) electrons. The summed E-state index contributed by atoms with van der Waals surface area (Å²) in [5.74, 6) is -0.0648. The predicted molar refractivity (Wildman–Crippen MR) is 73.8 cm³/mol. The Hall–Kier alpha value is -0.290. The molecule has 1 aliphatic carbocycles. The van der Waals surface area contributed by atoms with Gasteiger partial charge in [0.25, 0.3) is 0 Å². The van der Waals surface area contributed by atoms with Gasteiger partial charge in [0.1, 0.15) is 0 Å². The third kappa shape index (κ3) is 2.39. The molecule has 6 heteroatoms. The van der Waals surface area contributed by atoms with Crippen LogP contribution < -0.4 is 5.73 Å². The van der Waals surface area contributed by atoms with Gasteiger partial charge in [0.15, 0.2) is 9.84 Å². The van der Waals surface area contributed by atoms with Crippen LogP contribution in [0.1, 0.15) is 19.8 Å². The summed E-state index contributed by atoms with van der Waals surface area (Å²) >= 11 is 11.8. The lowest BCUT2D eigenvalue weighted by molar-refractivity contribution is 0.507. The van der Waals surface area contributed by atoms with Crippen LogP contribution >= 0.6 is 23.2 Å². The summed E-state index contributed by atoms with van der Waals surface area (Å²) in [6, 6.07) is 4.43. The van der Waals surface area contributed by atoms with Crippen molar-refractivity contribution in [2.24, 2.45) is 11.7 Å². The Labute approximate surface area is 117 Å². The van der Waals surface area contributed by atoms with Crippen LogP contribution in [0.2, 0.25) is 10.0 Å². The molecule has 3 unspecified atom stereocenters. The molecular formula is C12H15Cl2NO2S. The largest absolute Gasteiger partial charge is 0.327 e. The Morgan fingerprint density at radius 3 is 2.50 bits per heavy atom. The Balaban J connectivity index is 2.46. The molecule has 0 amide bonds. The fraction of sp³-hybridized carbons (Fsp3) is 0.500. The molecule has 1 aromatic carbocycles. The van der Waals surface area contributed by atoms with Gasteiger partial charge in [0.05, 0.1) is 15.2 Å². The van der Waals surface area contributed by atoms with Crippen molar-refractivity contribution in [2.75, 3.05) is 0 Å². The van der Waals surface area contributed by atoms with E-state index in [1.54, 1.807) is 6.07 Å². The second kappa shape index (κ2) is 5.00. The van der Waals surface area contributed by atoms with Gasteiger partial charge in [-0.2, -0.15) is 0 Å². The zero-order chi connectivity index (χ0) is 13.5. The van der Waals surface area contributed by atoms with Crippen LogP contribution in [0.4, 0.5) is 0 Å². The molecule has 0 bridgehead atoms. The summed E-state index contributed by atoms with van der Waals surface area (Å²) in [5.41, 5.74) is 5.89. The first-order valence-corrected chi connectivity index (χ1v) is 8.09. The topological polar surface area (TPSA) is 60.2 Å². The van der Waals surface area contributed by atoms with E-state index in [1.165, 1.54) is 12.1 Å². The van der Waals surface area contributed by atoms with Crippen LogP contribution in [0.5, 0.6) is 0 Å². The van der Waals surface area contributed by atoms with Gasteiger partial charge in [0, 0.05) is 11.1 Å². The van der Waals surface area contributed by atoms with Crippen molar-refractivity contribution in [1.29, 1.82) is 0 Å². The van der Waals surface area contributed by atoms with E-state index in [4.69, 9.17) is 28.9 Å². The van der Waals surface area contributed by atoms with E-state index in [9.17, 15) is 8.42 Å². The lowest BCUT2D eigenvalue weighted by Crippen LogP contribution is -2.32. The summed E-state index contributed by atoms with van der Waals surface area (Å²) in [6.45, 7) is 1.87. The van der Waals surface area contributed by atoms with Gasteiger partial charge in [-0.25, -0.2) is 8.42 Å². The minimum absolute atomic E-state index is 0.0648. The van der Waals surface area contributed by atoms with Gasteiger partial charge in [-0.15, -0.1) is 0 Å². The van der Waals surface area contributed by atoms with Gasteiger partial charge in [-0.05, 0) is 37.0 Å². The minimum atomic E-state index is -3.47.